The summed E-state index contributed by atoms with van der Waals surface area (Å²) in [5, 5.41) is 0.384. The van der Waals surface area contributed by atoms with Crippen LogP contribution in [-0.4, -0.2) is 4.98 Å². The van der Waals surface area contributed by atoms with Crippen LogP contribution in [0.4, 0.5) is 0 Å². The summed E-state index contributed by atoms with van der Waals surface area (Å²) in [6, 6.07) is 11.5. The van der Waals surface area contributed by atoms with Crippen LogP contribution in [0.5, 0.6) is 5.75 Å². The molecule has 2 aromatic rings. The van der Waals surface area contributed by atoms with E-state index in [0.29, 0.717) is 17.5 Å². The van der Waals surface area contributed by atoms with Crippen LogP contribution in [-0.2, 0) is 6.61 Å². The van der Waals surface area contributed by atoms with Crippen LogP contribution in [0.3, 0.4) is 0 Å². The van der Waals surface area contributed by atoms with Gasteiger partial charge < -0.3 is 4.74 Å². The maximum Gasteiger partial charge on any atom is 0.171 e. The first-order valence-corrected chi connectivity index (χ1v) is 5.91. The Kier molecular flexibility index (Phi) is 3.80. The van der Waals surface area contributed by atoms with Crippen molar-refractivity contribution in [2.24, 2.45) is 0 Å². The molecule has 0 saturated heterocycles. The monoisotopic (exact) mass is 297 g/mol. The van der Waals surface area contributed by atoms with Gasteiger partial charge in [0.05, 0.1) is 0 Å². The second-order valence-electron chi connectivity index (χ2n) is 3.17. The molecule has 0 unspecified atom stereocenters. The van der Waals surface area contributed by atoms with Gasteiger partial charge in [-0.2, -0.15) is 0 Å². The third-order valence-electron chi connectivity index (χ3n) is 2.07. The summed E-state index contributed by atoms with van der Waals surface area (Å²) in [5.74, 6) is 0.597. The normalized spacial score (nSPS) is 10.1. The van der Waals surface area contributed by atoms with Crippen LogP contribution in [0, 0.1) is 0 Å². The average Bonchev–Trinajstić information content (AvgIpc) is 2.30. The van der Waals surface area contributed by atoms with Crippen LogP contribution < -0.4 is 4.74 Å². The van der Waals surface area contributed by atoms with E-state index in [9.17, 15) is 0 Å². The molecule has 0 aliphatic rings. The maximum atomic E-state index is 5.88. The first-order chi connectivity index (χ1) is 7.77. The minimum Gasteiger partial charge on any atom is -0.486 e. The molecule has 82 valence electrons. The van der Waals surface area contributed by atoms with Crippen LogP contribution in [0.1, 0.15) is 5.56 Å². The molecule has 0 aliphatic carbocycles. The van der Waals surface area contributed by atoms with E-state index in [0.717, 1.165) is 10.0 Å². The van der Waals surface area contributed by atoms with Gasteiger partial charge in [-0.15, -0.1) is 0 Å². The van der Waals surface area contributed by atoms with E-state index < -0.39 is 0 Å². The molecule has 2 rings (SSSR count). The van der Waals surface area contributed by atoms with Crippen LogP contribution >= 0.6 is 27.5 Å². The van der Waals surface area contributed by atoms with E-state index in [1.807, 2.05) is 24.3 Å². The van der Waals surface area contributed by atoms with E-state index >= 15 is 0 Å². The van der Waals surface area contributed by atoms with Crippen molar-refractivity contribution in [2.75, 3.05) is 0 Å². The smallest absolute Gasteiger partial charge is 0.171 e. The molecular weight excluding hydrogens is 289 g/mol. The number of ether oxygens (including phenoxy) is 1. The Hall–Kier alpha value is -1.06. The molecular formula is C12H9BrClNO. The fourth-order valence-corrected chi connectivity index (χ4v) is 1.82. The lowest BCUT2D eigenvalue weighted by Crippen LogP contribution is -1.97. The standard InChI is InChI=1S/C12H9BrClNO/c13-10-5-2-1-4-9(10)8-16-11-6-3-7-15-12(11)14/h1-7H,8H2. The van der Waals surface area contributed by atoms with E-state index in [-0.39, 0.29) is 0 Å². The van der Waals surface area contributed by atoms with E-state index in [1.165, 1.54) is 0 Å². The summed E-state index contributed by atoms with van der Waals surface area (Å²) in [4.78, 5) is 3.94. The van der Waals surface area contributed by atoms with Crippen molar-refractivity contribution in [2.45, 2.75) is 6.61 Å². The molecule has 4 heteroatoms. The van der Waals surface area contributed by atoms with Gasteiger partial charge in [0, 0.05) is 16.2 Å². The molecule has 0 bridgehead atoms. The molecule has 0 fully saturated rings. The number of halogens is 2. The Labute approximate surface area is 107 Å². The van der Waals surface area contributed by atoms with Gasteiger partial charge in [0.2, 0.25) is 0 Å². The number of benzene rings is 1. The van der Waals surface area contributed by atoms with Crippen molar-refractivity contribution in [3.8, 4) is 5.75 Å². The topological polar surface area (TPSA) is 22.1 Å². The van der Waals surface area contributed by atoms with Crippen LogP contribution in [0.15, 0.2) is 47.1 Å². The Morgan fingerprint density at radius 3 is 2.75 bits per heavy atom. The number of hydrogen-bond acceptors (Lipinski definition) is 2. The summed E-state index contributed by atoms with van der Waals surface area (Å²) in [6.07, 6.45) is 1.63. The van der Waals surface area contributed by atoms with Gasteiger partial charge in [0.25, 0.3) is 0 Å². The Morgan fingerprint density at radius 2 is 2.00 bits per heavy atom. The Balaban J connectivity index is 2.09. The van der Waals surface area contributed by atoms with Crippen molar-refractivity contribution in [1.82, 2.24) is 4.98 Å². The van der Waals surface area contributed by atoms with E-state index in [1.54, 1.807) is 18.3 Å². The highest BCUT2D eigenvalue weighted by Gasteiger charge is 2.03. The van der Waals surface area contributed by atoms with E-state index in [2.05, 4.69) is 20.9 Å². The SMILES string of the molecule is Clc1ncccc1OCc1ccccc1Br. The minimum absolute atomic E-state index is 0.384. The first-order valence-electron chi connectivity index (χ1n) is 4.74. The van der Waals surface area contributed by atoms with Gasteiger partial charge in [0.15, 0.2) is 10.9 Å². The summed E-state index contributed by atoms with van der Waals surface area (Å²) >= 11 is 9.34. The van der Waals surface area contributed by atoms with Crippen LogP contribution in [0.25, 0.3) is 0 Å². The predicted octanol–water partition coefficient (Wildman–Crippen LogP) is 4.08. The van der Waals surface area contributed by atoms with Crippen molar-refractivity contribution in [3.63, 3.8) is 0 Å². The average molecular weight is 299 g/mol. The van der Waals surface area contributed by atoms with Gasteiger partial charge in [-0.05, 0) is 18.2 Å². The second-order valence-corrected chi connectivity index (χ2v) is 4.38. The zero-order valence-electron chi connectivity index (χ0n) is 8.36. The molecule has 0 radical (unpaired) electrons. The molecule has 16 heavy (non-hydrogen) atoms. The maximum absolute atomic E-state index is 5.88. The molecule has 0 amide bonds. The highest BCUT2D eigenvalue weighted by molar-refractivity contribution is 9.10. The third-order valence-corrected chi connectivity index (χ3v) is 3.12. The number of hydrogen-bond donors (Lipinski definition) is 0. The fraction of sp³-hybridized carbons (Fsp3) is 0.0833. The number of nitrogens with zero attached hydrogens (tertiary/aromatic N) is 1. The Bertz CT molecular complexity index is 444. The number of rotatable bonds is 3. The van der Waals surface area contributed by atoms with Crippen molar-refractivity contribution in [1.29, 1.82) is 0 Å². The first kappa shape index (κ1) is 11.4. The van der Waals surface area contributed by atoms with Gasteiger partial charge in [-0.1, -0.05) is 45.7 Å². The van der Waals surface area contributed by atoms with Crippen molar-refractivity contribution < 1.29 is 4.74 Å². The van der Waals surface area contributed by atoms with Crippen molar-refractivity contribution >= 4 is 27.5 Å². The molecule has 1 heterocycles. The molecule has 0 N–H and O–H groups in total. The number of aromatic nitrogens is 1. The van der Waals surface area contributed by atoms with Crippen LogP contribution in [0.2, 0.25) is 5.15 Å². The van der Waals surface area contributed by atoms with Crippen molar-refractivity contribution in [3.05, 3.63) is 57.8 Å². The molecule has 0 atom stereocenters. The lowest BCUT2D eigenvalue weighted by Gasteiger charge is -2.08. The third kappa shape index (κ3) is 2.74. The van der Waals surface area contributed by atoms with Gasteiger partial charge in [0.1, 0.15) is 6.61 Å². The van der Waals surface area contributed by atoms with Gasteiger partial charge in [-0.25, -0.2) is 4.98 Å². The second kappa shape index (κ2) is 5.32. The molecule has 1 aromatic carbocycles. The summed E-state index contributed by atoms with van der Waals surface area (Å²) < 4.78 is 6.60. The van der Waals surface area contributed by atoms with E-state index in [4.69, 9.17) is 16.3 Å². The lowest BCUT2D eigenvalue weighted by atomic mass is 10.2. The molecule has 0 saturated carbocycles. The summed E-state index contributed by atoms with van der Waals surface area (Å²) in [6.45, 7) is 0.465. The zero-order chi connectivity index (χ0) is 11.4. The quantitative estimate of drug-likeness (QED) is 0.797. The molecule has 0 aliphatic heterocycles. The highest BCUT2D eigenvalue weighted by Crippen LogP contribution is 2.23. The Morgan fingerprint density at radius 1 is 1.19 bits per heavy atom. The fourth-order valence-electron chi connectivity index (χ4n) is 1.25. The highest BCUT2D eigenvalue weighted by atomic mass is 79.9. The predicted molar refractivity (Wildman–Crippen MR) is 67.7 cm³/mol. The minimum atomic E-state index is 0.384. The number of pyridine rings is 1. The van der Waals surface area contributed by atoms with Gasteiger partial charge in [-0.3, -0.25) is 0 Å². The lowest BCUT2D eigenvalue weighted by molar-refractivity contribution is 0.304. The van der Waals surface area contributed by atoms with Gasteiger partial charge >= 0.3 is 0 Å². The summed E-state index contributed by atoms with van der Waals surface area (Å²) in [5.41, 5.74) is 1.07. The summed E-state index contributed by atoms with van der Waals surface area (Å²) in [7, 11) is 0. The molecule has 2 nitrogen and oxygen atoms in total. The zero-order valence-corrected chi connectivity index (χ0v) is 10.7. The molecule has 1 aromatic heterocycles. The largest absolute Gasteiger partial charge is 0.486 e. The molecule has 0 spiro atoms.